The summed E-state index contributed by atoms with van der Waals surface area (Å²) in [4.78, 5) is 59.8. The number of hydroxylamine groups is 2. The van der Waals surface area contributed by atoms with Gasteiger partial charge in [0, 0.05) is 25.9 Å². The summed E-state index contributed by atoms with van der Waals surface area (Å²) in [6.07, 6.45) is 0.127. The highest BCUT2D eigenvalue weighted by Gasteiger charge is 2.23. The molecular weight excluding hydrogens is 464 g/mol. The summed E-state index contributed by atoms with van der Waals surface area (Å²) in [5.74, 6) is 0.106. The predicted molar refractivity (Wildman–Crippen MR) is 139 cm³/mol. The van der Waals surface area contributed by atoms with Gasteiger partial charge in [-0.15, -0.1) is 0 Å². The highest BCUT2D eigenvalue weighted by atomic mass is 16.7. The second-order valence-electron chi connectivity index (χ2n) is 11.0. The molecule has 0 aromatic carbocycles. The van der Waals surface area contributed by atoms with E-state index < -0.39 is 18.1 Å². The molecule has 3 amide bonds. The summed E-state index contributed by atoms with van der Waals surface area (Å²) in [7, 11) is 0. The van der Waals surface area contributed by atoms with Gasteiger partial charge in [0.25, 0.3) is 11.8 Å². The fourth-order valence-corrected chi connectivity index (χ4v) is 3.06. The Morgan fingerprint density at radius 3 is 1.56 bits per heavy atom. The van der Waals surface area contributed by atoms with Gasteiger partial charge in [0.2, 0.25) is 5.91 Å². The van der Waals surface area contributed by atoms with E-state index in [4.69, 9.17) is 9.68 Å². The molecule has 0 aliphatic carbocycles. The van der Waals surface area contributed by atoms with Gasteiger partial charge >= 0.3 is 0 Å². The lowest BCUT2D eigenvalue weighted by Gasteiger charge is -2.20. The van der Waals surface area contributed by atoms with E-state index >= 15 is 0 Å². The lowest BCUT2D eigenvalue weighted by molar-refractivity contribution is -0.150. The van der Waals surface area contributed by atoms with Crippen molar-refractivity contribution < 1.29 is 28.9 Å². The highest BCUT2D eigenvalue weighted by Crippen LogP contribution is 2.09. The van der Waals surface area contributed by atoms with Crippen LogP contribution in [-0.4, -0.2) is 55.3 Å². The van der Waals surface area contributed by atoms with Gasteiger partial charge in [0.1, 0.15) is 5.78 Å². The van der Waals surface area contributed by atoms with Crippen molar-refractivity contribution in [3.05, 3.63) is 0 Å². The molecule has 4 N–H and O–H groups in total. The summed E-state index contributed by atoms with van der Waals surface area (Å²) < 4.78 is 0. The van der Waals surface area contributed by atoms with Gasteiger partial charge in [-0.3, -0.25) is 28.9 Å². The number of ketones is 1. The number of rotatable bonds is 20. The van der Waals surface area contributed by atoms with Crippen LogP contribution in [0.1, 0.15) is 87.5 Å². The van der Waals surface area contributed by atoms with E-state index in [1.54, 1.807) is 0 Å². The molecule has 0 rings (SSSR count). The Kier molecular flexibility index (Phi) is 18.0. The predicted octanol–water partition coefficient (Wildman–Crippen LogP) is 2.67. The second kappa shape index (κ2) is 19.1. The number of amides is 3. The number of nitrogens with one attached hydrogen (secondary N) is 4. The molecule has 0 heterocycles. The molecule has 2 atom stereocenters. The molecule has 0 radical (unpaired) electrons. The minimum atomic E-state index is -0.771. The van der Waals surface area contributed by atoms with Crippen molar-refractivity contribution in [1.29, 1.82) is 0 Å². The van der Waals surface area contributed by atoms with E-state index in [0.717, 1.165) is 0 Å². The zero-order chi connectivity index (χ0) is 27.7. The Morgan fingerprint density at radius 2 is 1.11 bits per heavy atom. The quantitative estimate of drug-likeness (QED) is 0.183. The zero-order valence-electron chi connectivity index (χ0n) is 23.6. The van der Waals surface area contributed by atoms with Crippen molar-refractivity contribution in [3.8, 4) is 0 Å². The molecule has 0 unspecified atom stereocenters. The van der Waals surface area contributed by atoms with Crippen LogP contribution >= 0.6 is 0 Å². The van der Waals surface area contributed by atoms with Crippen LogP contribution in [-0.2, 0) is 28.9 Å². The molecular formula is C26H50N4O6. The molecule has 36 heavy (non-hydrogen) atoms. The van der Waals surface area contributed by atoms with Crippen LogP contribution in [0, 0.1) is 23.7 Å². The van der Waals surface area contributed by atoms with Gasteiger partial charge in [0.05, 0.1) is 6.54 Å². The first-order valence-corrected chi connectivity index (χ1v) is 13.2. The number of carbonyl (C=O) groups excluding carboxylic acids is 4. The molecule has 0 aromatic heterocycles. The van der Waals surface area contributed by atoms with E-state index in [2.05, 4.69) is 21.6 Å². The Labute approximate surface area is 217 Å². The van der Waals surface area contributed by atoms with Crippen LogP contribution in [0.2, 0.25) is 0 Å². The first-order chi connectivity index (χ1) is 16.8. The third-order valence-electron chi connectivity index (χ3n) is 4.99. The first-order valence-electron chi connectivity index (χ1n) is 13.2. The van der Waals surface area contributed by atoms with Crippen LogP contribution < -0.4 is 21.6 Å². The van der Waals surface area contributed by atoms with Gasteiger partial charge in [0.15, 0.2) is 12.2 Å². The number of carbonyl (C=O) groups is 4. The van der Waals surface area contributed by atoms with Gasteiger partial charge in [-0.1, -0.05) is 55.4 Å². The van der Waals surface area contributed by atoms with E-state index in [0.29, 0.717) is 44.2 Å². The third-order valence-corrected chi connectivity index (χ3v) is 4.99. The van der Waals surface area contributed by atoms with Crippen molar-refractivity contribution in [2.24, 2.45) is 23.7 Å². The van der Waals surface area contributed by atoms with E-state index in [1.165, 1.54) is 0 Å². The SMILES string of the molecule is CC(C)CNC(=O)[C@@H](CC(C)C)ONCC(=O)CCCC(=O)NO[C@H](CC(C)C)C(=O)NCC(C)C. The van der Waals surface area contributed by atoms with Crippen molar-refractivity contribution in [2.45, 2.75) is 99.7 Å². The van der Waals surface area contributed by atoms with Crippen LogP contribution in [0.5, 0.6) is 0 Å². The van der Waals surface area contributed by atoms with Crippen molar-refractivity contribution in [2.75, 3.05) is 19.6 Å². The Morgan fingerprint density at radius 1 is 0.639 bits per heavy atom. The smallest absolute Gasteiger partial charge is 0.251 e. The van der Waals surface area contributed by atoms with Gasteiger partial charge in [-0.25, -0.2) is 5.48 Å². The molecule has 0 fully saturated rings. The summed E-state index contributed by atoms with van der Waals surface area (Å²) in [6, 6.07) is 0. The fraction of sp³-hybridized carbons (Fsp3) is 0.846. The molecule has 0 bridgehead atoms. The van der Waals surface area contributed by atoms with Gasteiger partial charge < -0.3 is 10.6 Å². The van der Waals surface area contributed by atoms with Crippen molar-refractivity contribution in [3.63, 3.8) is 0 Å². The van der Waals surface area contributed by atoms with E-state index in [-0.39, 0.29) is 48.8 Å². The van der Waals surface area contributed by atoms with Crippen LogP contribution in [0.15, 0.2) is 0 Å². The summed E-state index contributed by atoms with van der Waals surface area (Å²) in [5.41, 5.74) is 4.95. The topological polar surface area (TPSA) is 135 Å². The Bertz CT molecular complexity index is 667. The first kappa shape index (κ1) is 34.0. The van der Waals surface area contributed by atoms with E-state index in [1.807, 2.05) is 55.4 Å². The number of Topliss-reactive ketones (excluding diaryl/α,β-unsaturated/α-hetero) is 1. The largest absolute Gasteiger partial charge is 0.354 e. The van der Waals surface area contributed by atoms with Crippen molar-refractivity contribution >= 4 is 23.5 Å². The van der Waals surface area contributed by atoms with Gasteiger partial charge in [-0.05, 0) is 42.9 Å². The average Bonchev–Trinajstić information content (AvgIpc) is 2.77. The molecule has 210 valence electrons. The monoisotopic (exact) mass is 514 g/mol. The maximum Gasteiger partial charge on any atom is 0.251 e. The molecule has 0 saturated carbocycles. The minimum absolute atomic E-state index is 0.0589. The molecule has 0 spiro atoms. The highest BCUT2D eigenvalue weighted by molar-refractivity contribution is 5.83. The minimum Gasteiger partial charge on any atom is -0.354 e. The van der Waals surface area contributed by atoms with Crippen molar-refractivity contribution in [1.82, 2.24) is 21.6 Å². The normalized spacial score (nSPS) is 13.2. The van der Waals surface area contributed by atoms with E-state index in [9.17, 15) is 19.2 Å². The molecule has 0 saturated heterocycles. The average molecular weight is 515 g/mol. The maximum atomic E-state index is 12.3. The summed E-state index contributed by atoms with van der Waals surface area (Å²) in [5, 5.41) is 5.67. The summed E-state index contributed by atoms with van der Waals surface area (Å²) in [6.45, 7) is 17.0. The molecule has 10 heteroatoms. The molecule has 0 aromatic rings. The molecule has 0 aliphatic heterocycles. The Hall–Kier alpha value is -2.04. The fourth-order valence-electron chi connectivity index (χ4n) is 3.06. The lowest BCUT2D eigenvalue weighted by Crippen LogP contribution is -2.43. The Balaban J connectivity index is 4.36. The summed E-state index contributed by atoms with van der Waals surface area (Å²) >= 11 is 0. The molecule has 0 aliphatic rings. The number of hydrogen-bond donors (Lipinski definition) is 4. The number of hydrogen-bond acceptors (Lipinski definition) is 7. The van der Waals surface area contributed by atoms with Crippen LogP contribution in [0.25, 0.3) is 0 Å². The van der Waals surface area contributed by atoms with Crippen LogP contribution in [0.4, 0.5) is 0 Å². The standard InChI is InChI=1S/C26H50N4O6/c1-17(2)12-22(25(33)27-14-19(5)6)35-29-16-21(31)10-9-11-24(32)30-36-23(13-18(3)4)26(34)28-15-20(7)8/h17-20,22-23,29H,9-16H2,1-8H3,(H,27,33)(H,28,34)(H,30,32)/t22-,23-/m1/s1. The third kappa shape index (κ3) is 18.3. The maximum absolute atomic E-state index is 12.3. The molecule has 10 nitrogen and oxygen atoms in total. The van der Waals surface area contributed by atoms with Gasteiger partial charge in [-0.2, -0.15) is 5.48 Å². The zero-order valence-corrected chi connectivity index (χ0v) is 23.6. The van der Waals surface area contributed by atoms with Crippen LogP contribution in [0.3, 0.4) is 0 Å². The second-order valence-corrected chi connectivity index (χ2v) is 11.0. The lowest BCUT2D eigenvalue weighted by atomic mass is 10.1.